The smallest absolute Gasteiger partial charge is 0.00953 e. The van der Waals surface area contributed by atoms with Crippen LogP contribution in [0.15, 0.2) is 30.3 Å². The van der Waals surface area contributed by atoms with E-state index in [1.54, 1.807) is 5.56 Å². The molecule has 1 aromatic rings. The monoisotopic (exact) mass is 152 g/mol. The molecule has 1 rings (SSSR count). The quantitative estimate of drug-likeness (QED) is 0.508. The first-order valence-electron chi connectivity index (χ1n) is 3.47. The summed E-state index contributed by atoms with van der Waals surface area (Å²) >= 11 is 0. The lowest BCUT2D eigenvalue weighted by molar-refractivity contribution is 1.40. The molecule has 0 aliphatic rings. The highest BCUT2D eigenvalue weighted by Crippen LogP contribution is 1.96. The van der Waals surface area contributed by atoms with Crippen LogP contribution in [0.2, 0.25) is 0 Å². The molecule has 9 heavy (non-hydrogen) atoms. The van der Waals surface area contributed by atoms with E-state index in [0.717, 1.165) is 0 Å². The first kappa shape index (κ1) is 6.77. The lowest BCUT2D eigenvalue weighted by atomic mass is 10.2. The average molecular weight is 152 g/mol. The van der Waals surface area contributed by atoms with Gasteiger partial charge in [0, 0.05) is 9.04 Å². The third-order valence-corrected chi connectivity index (χ3v) is 3.96. The largest absolute Gasteiger partial charge is 0.0622 e. The van der Waals surface area contributed by atoms with Crippen LogP contribution in [0.5, 0.6) is 0 Å². The van der Waals surface area contributed by atoms with Gasteiger partial charge in [-0.15, -0.1) is 0 Å². The Balaban J connectivity index is 2.61. The maximum atomic E-state index is 2.23. The Morgan fingerprint density at radius 3 is 2.44 bits per heavy atom. The number of hydrogen-bond acceptors (Lipinski definition) is 0. The van der Waals surface area contributed by atoms with Gasteiger partial charge in [0.2, 0.25) is 0 Å². The van der Waals surface area contributed by atoms with Gasteiger partial charge in [-0.3, -0.25) is 0 Å². The van der Waals surface area contributed by atoms with Gasteiger partial charge in [0.15, 0.2) is 0 Å². The third-order valence-electron chi connectivity index (χ3n) is 1.38. The predicted molar refractivity (Wildman–Crippen MR) is 48.6 cm³/mol. The molecule has 48 valence electrons. The third kappa shape index (κ3) is 2.16. The van der Waals surface area contributed by atoms with E-state index in [9.17, 15) is 0 Å². The van der Waals surface area contributed by atoms with E-state index < -0.39 is 0 Å². The van der Waals surface area contributed by atoms with Gasteiger partial charge in [-0.2, -0.15) is 0 Å². The average Bonchev–Trinajstić information content (AvgIpc) is 1.91. The number of hydrogen-bond donors (Lipinski definition) is 0. The second-order valence-electron chi connectivity index (χ2n) is 2.24. The van der Waals surface area contributed by atoms with Gasteiger partial charge in [-0.05, 0) is 15.8 Å². The zero-order valence-electron chi connectivity index (χ0n) is 5.80. The Hall–Kier alpha value is -0.346. The van der Waals surface area contributed by atoms with Crippen LogP contribution in [0.1, 0.15) is 5.56 Å². The maximum Gasteiger partial charge on any atom is 0.00953 e. The molecule has 0 fully saturated rings. The summed E-state index contributed by atoms with van der Waals surface area (Å²) in [4.78, 5) is 0. The van der Waals surface area contributed by atoms with E-state index in [1.807, 2.05) is 0 Å². The molecule has 0 N–H and O–H groups in total. The van der Waals surface area contributed by atoms with Crippen LogP contribution in [0, 0.1) is 0 Å². The second-order valence-corrected chi connectivity index (χ2v) is 6.74. The molecule has 0 unspecified atom stereocenters. The van der Waals surface area contributed by atoms with E-state index in [0.29, 0.717) is 9.04 Å². The van der Waals surface area contributed by atoms with E-state index in [-0.39, 0.29) is 0 Å². The summed E-state index contributed by atoms with van der Waals surface area (Å²) < 4.78 is 0. The summed E-state index contributed by atoms with van der Waals surface area (Å²) in [5.41, 5.74) is 1.54. The summed E-state index contributed by atoms with van der Waals surface area (Å²) in [5.74, 6) is 0. The minimum atomic E-state index is 0.355. The second kappa shape index (κ2) is 3.64. The summed E-state index contributed by atoms with van der Waals surface area (Å²) in [6, 6.07) is 12.2. The summed E-state index contributed by atoms with van der Waals surface area (Å²) in [6.07, 6.45) is 0. The van der Waals surface area contributed by atoms with Crippen molar-refractivity contribution >= 4 is 18.8 Å². The maximum absolute atomic E-state index is 2.23. The summed E-state index contributed by atoms with van der Waals surface area (Å²) in [7, 11) is 1.82. The standard InChI is InChI=1S/C7H12Si2/c8-9-6-7-4-2-1-3-5-7/h1-5H,6,9H2,8H3. The van der Waals surface area contributed by atoms with Crippen LogP contribution in [0.4, 0.5) is 0 Å². The first-order chi connectivity index (χ1) is 4.43. The Bertz CT molecular complexity index is 160. The molecule has 0 heterocycles. The highest BCUT2D eigenvalue weighted by Gasteiger charge is 1.85. The molecule has 0 spiro atoms. The van der Waals surface area contributed by atoms with Gasteiger partial charge < -0.3 is 0 Å². The normalized spacial score (nSPS) is 11.1. The highest BCUT2D eigenvalue weighted by molar-refractivity contribution is 6.89. The first-order valence-corrected chi connectivity index (χ1v) is 10.1. The zero-order valence-corrected chi connectivity index (χ0v) is 9.22. The van der Waals surface area contributed by atoms with Crippen molar-refractivity contribution in [3.63, 3.8) is 0 Å². The van der Waals surface area contributed by atoms with Gasteiger partial charge in [0.25, 0.3) is 0 Å². The predicted octanol–water partition coefficient (Wildman–Crippen LogP) is -0.364. The van der Waals surface area contributed by atoms with Crippen LogP contribution in [-0.4, -0.2) is 18.8 Å². The molecule has 0 amide bonds. The Morgan fingerprint density at radius 1 is 1.22 bits per heavy atom. The molecule has 0 saturated heterocycles. The Labute approximate surface area is 61.3 Å². The van der Waals surface area contributed by atoms with E-state index in [4.69, 9.17) is 0 Å². The van der Waals surface area contributed by atoms with Crippen molar-refractivity contribution in [2.75, 3.05) is 0 Å². The van der Waals surface area contributed by atoms with Crippen molar-refractivity contribution in [3.05, 3.63) is 35.9 Å². The van der Waals surface area contributed by atoms with Gasteiger partial charge in [0.05, 0.1) is 0 Å². The molecule has 0 atom stereocenters. The van der Waals surface area contributed by atoms with Crippen LogP contribution >= 0.6 is 0 Å². The number of rotatable bonds is 2. The van der Waals surface area contributed by atoms with Crippen molar-refractivity contribution in [1.82, 2.24) is 0 Å². The molecule has 0 aliphatic carbocycles. The molecule has 0 aliphatic heterocycles. The lowest BCUT2D eigenvalue weighted by Crippen LogP contribution is -1.94. The number of benzene rings is 1. The highest BCUT2D eigenvalue weighted by atomic mass is 29.1. The van der Waals surface area contributed by atoms with Gasteiger partial charge in [0.1, 0.15) is 0 Å². The van der Waals surface area contributed by atoms with Crippen LogP contribution in [0.25, 0.3) is 0 Å². The van der Waals surface area contributed by atoms with Crippen molar-refractivity contribution < 1.29 is 0 Å². The summed E-state index contributed by atoms with van der Waals surface area (Å²) in [5, 5.41) is 0. The molecule has 0 nitrogen and oxygen atoms in total. The molecule has 0 aromatic heterocycles. The van der Waals surface area contributed by atoms with Crippen molar-refractivity contribution in [2.45, 2.75) is 6.04 Å². The fourth-order valence-electron chi connectivity index (χ4n) is 0.933. The van der Waals surface area contributed by atoms with E-state index >= 15 is 0 Å². The minimum Gasteiger partial charge on any atom is -0.0622 e. The fraction of sp³-hybridized carbons (Fsp3) is 0.143. The van der Waals surface area contributed by atoms with Gasteiger partial charge in [-0.1, -0.05) is 35.9 Å². The lowest BCUT2D eigenvalue weighted by Gasteiger charge is -1.93. The molecule has 0 radical (unpaired) electrons. The van der Waals surface area contributed by atoms with Gasteiger partial charge >= 0.3 is 0 Å². The molecule has 0 saturated carbocycles. The summed E-state index contributed by atoms with van der Waals surface area (Å²) in [6.45, 7) is 0. The van der Waals surface area contributed by atoms with E-state index in [1.165, 1.54) is 15.8 Å². The van der Waals surface area contributed by atoms with Crippen LogP contribution in [0.3, 0.4) is 0 Å². The topological polar surface area (TPSA) is 0 Å². The molecule has 2 heteroatoms. The Kier molecular flexibility index (Phi) is 2.73. The molecule has 1 aromatic carbocycles. The van der Waals surface area contributed by atoms with Crippen molar-refractivity contribution in [1.29, 1.82) is 0 Å². The zero-order chi connectivity index (χ0) is 6.53. The fourth-order valence-corrected chi connectivity index (χ4v) is 3.58. The Morgan fingerprint density at radius 2 is 1.89 bits per heavy atom. The van der Waals surface area contributed by atoms with Gasteiger partial charge in [-0.25, -0.2) is 0 Å². The van der Waals surface area contributed by atoms with Crippen LogP contribution in [-0.2, 0) is 6.04 Å². The molecular formula is C7H12Si2. The van der Waals surface area contributed by atoms with Crippen molar-refractivity contribution in [2.24, 2.45) is 0 Å². The van der Waals surface area contributed by atoms with Crippen molar-refractivity contribution in [3.8, 4) is 0 Å². The minimum absolute atomic E-state index is 0.355. The molecule has 0 bridgehead atoms. The van der Waals surface area contributed by atoms with Crippen LogP contribution < -0.4 is 0 Å². The van der Waals surface area contributed by atoms with E-state index in [2.05, 4.69) is 30.3 Å². The SMILES string of the molecule is [SiH3][SiH2]Cc1ccccc1. The molecular weight excluding hydrogens is 140 g/mol.